The average Bonchev–Trinajstić information content (AvgIpc) is 3.96. The van der Waals surface area contributed by atoms with E-state index >= 15 is 0 Å². The van der Waals surface area contributed by atoms with E-state index < -0.39 is 52.6 Å². The van der Waals surface area contributed by atoms with E-state index in [0.29, 0.717) is 47.3 Å². The number of ether oxygens (including phenoxy) is 2. The highest BCUT2D eigenvalue weighted by molar-refractivity contribution is 7.88. The minimum atomic E-state index is -3.38. The van der Waals surface area contributed by atoms with E-state index in [-0.39, 0.29) is 40.0 Å². The summed E-state index contributed by atoms with van der Waals surface area (Å²) in [5.41, 5.74) is 8.93. The van der Waals surface area contributed by atoms with Gasteiger partial charge < -0.3 is 25.1 Å². The number of nitrogens with zero attached hydrogens (tertiary/aromatic N) is 4. The molecule has 14 nitrogen and oxygen atoms in total. The molecule has 5 N–H and O–H groups in total. The first kappa shape index (κ1) is 39.6. The first-order chi connectivity index (χ1) is 27.7. The molecule has 8 rings (SSSR count). The Morgan fingerprint density at radius 2 is 1.72 bits per heavy atom. The maximum atomic E-state index is 14.1. The fraction of sp³-hybridized carbons (Fsp3) is 0.200. The number of hydrogen-bond acceptors (Lipinski definition) is 9. The number of anilines is 2. The Balaban J connectivity index is 0.000000404. The maximum absolute atomic E-state index is 14.1. The molecular formula is C40H36F3N7O7S. The number of nitrogens with two attached hydrogens (primary N) is 2. The Labute approximate surface area is 329 Å². The zero-order chi connectivity index (χ0) is 41.3. The van der Waals surface area contributed by atoms with Crippen molar-refractivity contribution in [2.45, 2.75) is 38.0 Å². The number of primary sulfonamides is 1. The molecule has 300 valence electrons. The number of carbonyl (C=O) groups is 3. The van der Waals surface area contributed by atoms with Crippen LogP contribution in [0.1, 0.15) is 40.0 Å². The van der Waals surface area contributed by atoms with Crippen molar-refractivity contribution < 1.29 is 45.4 Å². The van der Waals surface area contributed by atoms with E-state index in [1.54, 1.807) is 61.5 Å². The number of fused-ring (bicyclic) bond motifs is 2. The quantitative estimate of drug-likeness (QED) is 0.0972. The molecule has 6 aromatic rings. The minimum Gasteiger partial charge on any atom is -0.485 e. The van der Waals surface area contributed by atoms with Gasteiger partial charge in [0, 0.05) is 17.4 Å². The van der Waals surface area contributed by atoms with Gasteiger partial charge in [-0.05, 0) is 79.4 Å². The van der Waals surface area contributed by atoms with Crippen molar-refractivity contribution in [2.24, 2.45) is 5.14 Å². The smallest absolute Gasteiger partial charge is 0.332 e. The Morgan fingerprint density at radius 1 is 0.983 bits per heavy atom. The van der Waals surface area contributed by atoms with Crippen LogP contribution in [0.15, 0.2) is 97.2 Å². The van der Waals surface area contributed by atoms with Crippen molar-refractivity contribution in [3.05, 3.63) is 125 Å². The van der Waals surface area contributed by atoms with Gasteiger partial charge in [0.05, 0.1) is 34.6 Å². The van der Waals surface area contributed by atoms with Gasteiger partial charge in [-0.2, -0.15) is 5.10 Å². The first-order valence-electron chi connectivity index (χ1n) is 17.9. The zero-order valence-electron chi connectivity index (χ0n) is 30.8. The van der Waals surface area contributed by atoms with Gasteiger partial charge in [-0.25, -0.2) is 41.1 Å². The molecule has 2 aliphatic rings. The summed E-state index contributed by atoms with van der Waals surface area (Å²) in [6.07, 6.45) is -0.268. The number of amides is 3. The summed E-state index contributed by atoms with van der Waals surface area (Å²) >= 11 is 0. The molecule has 2 aromatic heterocycles. The number of nitrogen functional groups attached to an aromatic ring is 1. The number of alkyl halides is 2. The van der Waals surface area contributed by atoms with Gasteiger partial charge in [0.25, 0.3) is 12.3 Å². The Hall–Kier alpha value is -6.66. The topological polar surface area (TPSA) is 196 Å². The summed E-state index contributed by atoms with van der Waals surface area (Å²) in [6.45, 7) is 1.25. The largest absolute Gasteiger partial charge is 0.485 e. The van der Waals surface area contributed by atoms with Gasteiger partial charge in [0.15, 0.2) is 11.6 Å². The van der Waals surface area contributed by atoms with Crippen LogP contribution in [0.3, 0.4) is 0 Å². The van der Waals surface area contributed by atoms with E-state index in [0.717, 1.165) is 10.5 Å². The number of aromatic amines is 1. The number of H-pyrrole nitrogens is 1. The number of hydrogen-bond donors (Lipinski definition) is 3. The Morgan fingerprint density at radius 3 is 2.41 bits per heavy atom. The third-order valence-electron chi connectivity index (χ3n) is 9.47. The van der Waals surface area contributed by atoms with Crippen LogP contribution in [0.4, 0.5) is 29.5 Å². The summed E-state index contributed by atoms with van der Waals surface area (Å²) in [4.78, 5) is 45.4. The monoisotopic (exact) mass is 815 g/mol. The van der Waals surface area contributed by atoms with Gasteiger partial charge in [0.2, 0.25) is 15.8 Å². The average molecular weight is 816 g/mol. The number of imide groups is 1. The van der Waals surface area contributed by atoms with Crippen molar-refractivity contribution in [1.82, 2.24) is 19.7 Å². The highest BCUT2D eigenvalue weighted by Gasteiger charge is 2.49. The van der Waals surface area contributed by atoms with E-state index in [4.69, 9.17) is 20.3 Å². The molecule has 4 heterocycles. The van der Waals surface area contributed by atoms with E-state index in [1.165, 1.54) is 46.1 Å². The molecule has 18 heteroatoms. The van der Waals surface area contributed by atoms with Gasteiger partial charge >= 0.3 is 6.03 Å². The predicted molar refractivity (Wildman–Crippen MR) is 208 cm³/mol. The summed E-state index contributed by atoms with van der Waals surface area (Å²) in [5, 5.41) is 9.58. The molecule has 0 aliphatic carbocycles. The number of benzene rings is 4. The zero-order valence-corrected chi connectivity index (χ0v) is 31.6. The summed E-state index contributed by atoms with van der Waals surface area (Å²) in [7, 11) is -3.38. The van der Waals surface area contributed by atoms with Gasteiger partial charge in [-0.15, -0.1) is 0 Å². The molecular weight excluding hydrogens is 780 g/mol. The lowest BCUT2D eigenvalue weighted by molar-refractivity contribution is -0.119. The molecule has 1 atom stereocenters. The standard InChI is InChI=1S/C33H27F3N6O5.C7H9NO2S/c1-17-11-19(47-27-7-3-2-5-21(27)34)8-9-24(17)42-31(37)20(15-38-42)30(43)23-12-18-13-28(46-16-29(35)36)26(14-22(18)39-23)41-32(44)25-6-4-10-40(25)33(41)45;8-11(9,10)6-7-4-2-1-3-5-7/h2-3,5,7-9,11-15,25,29,39H,4,6,10,16,37H2,1H3;1-5H,6H2,(H2,8,9,10)/t25-;/m0./s1. The van der Waals surface area contributed by atoms with Crippen LogP contribution in [-0.2, 0) is 20.6 Å². The molecule has 58 heavy (non-hydrogen) atoms. The Bertz CT molecular complexity index is 2630. The maximum Gasteiger partial charge on any atom is 0.332 e. The summed E-state index contributed by atoms with van der Waals surface area (Å²) in [6, 6.07) is 23.0. The molecule has 0 saturated carbocycles. The van der Waals surface area contributed by atoms with Crippen LogP contribution in [-0.4, -0.2) is 71.4 Å². The first-order valence-corrected chi connectivity index (χ1v) is 19.6. The molecule has 4 aromatic carbocycles. The molecule has 0 spiro atoms. The number of carbonyl (C=O) groups excluding carboxylic acids is 3. The van der Waals surface area contributed by atoms with E-state index in [2.05, 4.69) is 10.1 Å². The third-order valence-corrected chi connectivity index (χ3v) is 10.2. The van der Waals surface area contributed by atoms with Gasteiger partial charge in [0.1, 0.15) is 30.0 Å². The van der Waals surface area contributed by atoms with Gasteiger partial charge in [-0.3, -0.25) is 9.59 Å². The normalized spacial score (nSPS) is 15.2. The van der Waals surface area contributed by atoms with Crippen LogP contribution in [0.5, 0.6) is 17.2 Å². The Kier molecular flexibility index (Phi) is 11.0. The van der Waals surface area contributed by atoms with Crippen molar-refractivity contribution in [3.8, 4) is 22.9 Å². The minimum absolute atomic E-state index is 0.00800. The number of aromatic nitrogens is 3. The number of nitrogens with one attached hydrogen (secondary N) is 1. The van der Waals surface area contributed by atoms with Crippen LogP contribution >= 0.6 is 0 Å². The fourth-order valence-electron chi connectivity index (χ4n) is 6.82. The number of urea groups is 1. The van der Waals surface area contributed by atoms with Crippen LogP contribution in [0, 0.1) is 12.7 Å². The third kappa shape index (κ3) is 8.23. The number of sulfonamides is 1. The van der Waals surface area contributed by atoms with Crippen molar-refractivity contribution in [3.63, 3.8) is 0 Å². The predicted octanol–water partition coefficient (Wildman–Crippen LogP) is 6.46. The molecule has 2 fully saturated rings. The summed E-state index contributed by atoms with van der Waals surface area (Å²) in [5.74, 6) is -1.13. The number of ketones is 1. The second-order valence-electron chi connectivity index (χ2n) is 13.6. The lowest BCUT2D eigenvalue weighted by Gasteiger charge is -2.19. The second kappa shape index (κ2) is 16.1. The van der Waals surface area contributed by atoms with Crippen molar-refractivity contribution in [2.75, 3.05) is 23.8 Å². The van der Waals surface area contributed by atoms with E-state index in [9.17, 15) is 36.0 Å². The molecule has 0 unspecified atom stereocenters. The second-order valence-corrected chi connectivity index (χ2v) is 15.2. The summed E-state index contributed by atoms with van der Waals surface area (Å²) < 4.78 is 73.9. The molecule has 2 saturated heterocycles. The van der Waals surface area contributed by atoms with Crippen molar-refractivity contribution in [1.29, 1.82) is 0 Å². The van der Waals surface area contributed by atoms with Crippen molar-refractivity contribution >= 4 is 50.2 Å². The highest BCUT2D eigenvalue weighted by Crippen LogP contribution is 2.40. The number of halogens is 3. The molecule has 3 amide bonds. The molecule has 0 bridgehead atoms. The van der Waals surface area contributed by atoms with Crippen LogP contribution in [0.25, 0.3) is 16.6 Å². The fourth-order valence-corrected chi connectivity index (χ4v) is 7.48. The lowest BCUT2D eigenvalue weighted by atomic mass is 10.1. The molecule has 0 radical (unpaired) electrons. The number of rotatable bonds is 11. The van der Waals surface area contributed by atoms with Gasteiger partial charge in [-0.1, -0.05) is 42.5 Å². The number of para-hydroxylation sites is 1. The number of aryl methyl sites for hydroxylation is 1. The van der Waals surface area contributed by atoms with Crippen LogP contribution < -0.4 is 25.2 Å². The van der Waals surface area contributed by atoms with Crippen LogP contribution in [0.2, 0.25) is 0 Å². The SMILES string of the molecule is Cc1cc(Oc2ccccc2F)ccc1-n1ncc(C(=O)c2cc3cc(OCC(F)F)c(N4C(=O)[C@@H]5CCCN5C4=O)cc3[nH]2)c1N.NS(=O)(=O)Cc1ccccc1. The lowest BCUT2D eigenvalue weighted by Crippen LogP contribution is -2.33. The highest BCUT2D eigenvalue weighted by atomic mass is 32.2. The van der Waals surface area contributed by atoms with E-state index in [1.807, 2.05) is 6.07 Å². The molecule has 2 aliphatic heterocycles.